The first-order valence-electron chi connectivity index (χ1n) is 7.59. The number of para-hydroxylation sites is 3. The molecule has 4 nitrogen and oxygen atoms in total. The van der Waals surface area contributed by atoms with Gasteiger partial charge in [0.15, 0.2) is 0 Å². The lowest BCUT2D eigenvalue weighted by Gasteiger charge is -2.10. The summed E-state index contributed by atoms with van der Waals surface area (Å²) >= 11 is 0. The molecular formula is C20H13N2O2-. The first kappa shape index (κ1) is 14.2. The van der Waals surface area contributed by atoms with Gasteiger partial charge in [-0.25, -0.2) is 4.98 Å². The largest absolute Gasteiger partial charge is 0.545 e. The highest BCUT2D eigenvalue weighted by Gasteiger charge is 2.13. The summed E-state index contributed by atoms with van der Waals surface area (Å²) in [6, 6.07) is 24.5. The van der Waals surface area contributed by atoms with Gasteiger partial charge in [0, 0.05) is 11.3 Å². The van der Waals surface area contributed by atoms with Crippen LogP contribution >= 0.6 is 0 Å². The van der Waals surface area contributed by atoms with Gasteiger partial charge in [-0.2, -0.15) is 0 Å². The molecule has 4 heteroatoms. The molecule has 0 unspecified atom stereocenters. The molecule has 3 aromatic carbocycles. The number of carbonyl (C=O) groups is 1. The number of carboxylic acids is 1. The van der Waals surface area contributed by atoms with E-state index >= 15 is 0 Å². The summed E-state index contributed by atoms with van der Waals surface area (Å²) in [5.41, 5.74) is 3.90. The van der Waals surface area contributed by atoms with Crippen LogP contribution in [0.5, 0.6) is 0 Å². The molecule has 0 saturated carbocycles. The van der Waals surface area contributed by atoms with Crippen molar-refractivity contribution in [1.29, 1.82) is 0 Å². The van der Waals surface area contributed by atoms with Gasteiger partial charge in [-0.3, -0.25) is 4.57 Å². The molecule has 4 aromatic rings. The van der Waals surface area contributed by atoms with Gasteiger partial charge in [0.25, 0.3) is 0 Å². The van der Waals surface area contributed by atoms with Crippen molar-refractivity contribution in [1.82, 2.24) is 9.55 Å². The van der Waals surface area contributed by atoms with Gasteiger partial charge in [-0.05, 0) is 29.8 Å². The van der Waals surface area contributed by atoms with Gasteiger partial charge in [-0.15, -0.1) is 0 Å². The van der Waals surface area contributed by atoms with E-state index in [1.165, 1.54) is 0 Å². The second kappa shape index (κ2) is 5.66. The smallest absolute Gasteiger partial charge is 0.145 e. The Morgan fingerprint density at radius 2 is 1.50 bits per heavy atom. The summed E-state index contributed by atoms with van der Waals surface area (Å²) in [6.07, 6.45) is 0. The Kier molecular flexibility index (Phi) is 3.35. The molecule has 0 spiro atoms. The topological polar surface area (TPSA) is 57.9 Å². The third-order valence-electron chi connectivity index (χ3n) is 3.95. The molecule has 0 radical (unpaired) electrons. The fraction of sp³-hybridized carbons (Fsp3) is 0. The summed E-state index contributed by atoms with van der Waals surface area (Å²) in [4.78, 5) is 15.7. The minimum absolute atomic E-state index is 0.154. The van der Waals surface area contributed by atoms with E-state index in [0.717, 1.165) is 28.1 Å². The maximum atomic E-state index is 10.9. The van der Waals surface area contributed by atoms with E-state index in [1.807, 2.05) is 54.6 Å². The van der Waals surface area contributed by atoms with E-state index in [-0.39, 0.29) is 5.56 Å². The molecule has 0 fully saturated rings. The second-order valence-corrected chi connectivity index (χ2v) is 5.46. The number of carboxylic acid groups (broad SMARTS) is 1. The molecule has 0 amide bonds. The summed E-state index contributed by atoms with van der Waals surface area (Å²) in [7, 11) is 0. The van der Waals surface area contributed by atoms with Crippen LogP contribution < -0.4 is 5.11 Å². The maximum Gasteiger partial charge on any atom is 0.145 e. The van der Waals surface area contributed by atoms with E-state index in [0.29, 0.717) is 0 Å². The van der Waals surface area contributed by atoms with Crippen molar-refractivity contribution in [2.24, 2.45) is 0 Å². The Morgan fingerprint density at radius 3 is 2.21 bits per heavy atom. The molecule has 0 aliphatic carbocycles. The minimum Gasteiger partial charge on any atom is -0.545 e. The number of carbonyl (C=O) groups excluding carboxylic acids is 1. The Morgan fingerprint density at radius 1 is 0.833 bits per heavy atom. The average molecular weight is 313 g/mol. The van der Waals surface area contributed by atoms with E-state index in [2.05, 4.69) is 4.57 Å². The number of aromatic carboxylic acids is 1. The Labute approximate surface area is 138 Å². The molecule has 24 heavy (non-hydrogen) atoms. The highest BCUT2D eigenvalue weighted by molar-refractivity contribution is 5.87. The van der Waals surface area contributed by atoms with Gasteiger partial charge in [0.1, 0.15) is 5.82 Å². The van der Waals surface area contributed by atoms with Crippen molar-refractivity contribution >= 4 is 17.0 Å². The molecule has 116 valence electrons. The number of rotatable bonds is 3. The summed E-state index contributed by atoms with van der Waals surface area (Å²) < 4.78 is 2.07. The van der Waals surface area contributed by atoms with Crippen molar-refractivity contribution < 1.29 is 9.90 Å². The molecule has 0 saturated heterocycles. The summed E-state index contributed by atoms with van der Waals surface area (Å²) in [5, 5.41) is 10.9. The highest BCUT2D eigenvalue weighted by atomic mass is 16.4. The van der Waals surface area contributed by atoms with Crippen LogP contribution in [0.3, 0.4) is 0 Å². The minimum atomic E-state index is -1.18. The van der Waals surface area contributed by atoms with Crippen LogP contribution in [0.2, 0.25) is 0 Å². The van der Waals surface area contributed by atoms with Crippen LogP contribution in [0.1, 0.15) is 10.4 Å². The monoisotopic (exact) mass is 313 g/mol. The average Bonchev–Trinajstić information content (AvgIpc) is 3.02. The van der Waals surface area contributed by atoms with Crippen LogP contribution in [0.25, 0.3) is 28.1 Å². The quantitative estimate of drug-likeness (QED) is 0.584. The Balaban J connectivity index is 1.96. The van der Waals surface area contributed by atoms with Crippen LogP contribution in [-0.2, 0) is 0 Å². The van der Waals surface area contributed by atoms with Crippen LogP contribution in [0.15, 0.2) is 78.9 Å². The number of nitrogens with zero attached hydrogens (tertiary/aromatic N) is 2. The van der Waals surface area contributed by atoms with Crippen molar-refractivity contribution in [3.63, 3.8) is 0 Å². The van der Waals surface area contributed by atoms with Gasteiger partial charge in [-0.1, -0.05) is 54.6 Å². The Hall–Kier alpha value is -3.40. The number of imidazole rings is 1. The standard InChI is InChI=1S/C20H14N2O2/c23-20(24)15-12-10-14(11-13-15)19-21-17-8-4-5-9-18(17)22(19)16-6-2-1-3-7-16/h1-13H,(H,23,24)/p-1. The predicted octanol–water partition coefficient (Wildman–Crippen LogP) is 3.06. The maximum absolute atomic E-state index is 10.9. The third-order valence-corrected chi connectivity index (χ3v) is 3.95. The number of benzene rings is 3. The zero-order valence-electron chi connectivity index (χ0n) is 12.7. The fourth-order valence-electron chi connectivity index (χ4n) is 2.81. The zero-order valence-corrected chi connectivity index (χ0v) is 12.7. The molecule has 0 bridgehead atoms. The molecule has 0 atom stereocenters. The van der Waals surface area contributed by atoms with E-state index in [1.54, 1.807) is 24.3 Å². The van der Waals surface area contributed by atoms with Gasteiger partial charge in [0.2, 0.25) is 0 Å². The lowest BCUT2D eigenvalue weighted by Crippen LogP contribution is -2.21. The number of hydrogen-bond donors (Lipinski definition) is 0. The number of aromatic nitrogens is 2. The molecule has 0 aliphatic rings. The second-order valence-electron chi connectivity index (χ2n) is 5.46. The van der Waals surface area contributed by atoms with Gasteiger partial charge >= 0.3 is 0 Å². The lowest BCUT2D eigenvalue weighted by molar-refractivity contribution is -0.255. The molecule has 0 aliphatic heterocycles. The fourth-order valence-corrected chi connectivity index (χ4v) is 2.81. The molecule has 1 aromatic heterocycles. The first-order chi connectivity index (χ1) is 11.7. The highest BCUT2D eigenvalue weighted by Crippen LogP contribution is 2.28. The van der Waals surface area contributed by atoms with Crippen LogP contribution in [0, 0.1) is 0 Å². The lowest BCUT2D eigenvalue weighted by atomic mass is 10.1. The van der Waals surface area contributed by atoms with E-state index < -0.39 is 5.97 Å². The first-order valence-corrected chi connectivity index (χ1v) is 7.59. The van der Waals surface area contributed by atoms with Crippen LogP contribution in [-0.4, -0.2) is 15.5 Å². The summed E-state index contributed by atoms with van der Waals surface area (Å²) in [6.45, 7) is 0. The molecule has 4 rings (SSSR count). The number of fused-ring (bicyclic) bond motifs is 1. The molecule has 1 heterocycles. The number of hydrogen-bond acceptors (Lipinski definition) is 3. The van der Waals surface area contributed by atoms with Gasteiger partial charge in [0.05, 0.1) is 17.0 Å². The van der Waals surface area contributed by atoms with Crippen molar-refractivity contribution in [3.05, 3.63) is 84.4 Å². The predicted molar refractivity (Wildman–Crippen MR) is 90.8 cm³/mol. The van der Waals surface area contributed by atoms with Crippen molar-refractivity contribution in [2.75, 3.05) is 0 Å². The van der Waals surface area contributed by atoms with E-state index in [4.69, 9.17) is 4.98 Å². The normalized spacial score (nSPS) is 10.8. The molecule has 0 N–H and O–H groups in total. The third kappa shape index (κ3) is 2.34. The van der Waals surface area contributed by atoms with Crippen molar-refractivity contribution in [3.8, 4) is 17.1 Å². The van der Waals surface area contributed by atoms with Gasteiger partial charge < -0.3 is 9.90 Å². The van der Waals surface area contributed by atoms with Crippen LogP contribution in [0.4, 0.5) is 0 Å². The van der Waals surface area contributed by atoms with E-state index in [9.17, 15) is 9.90 Å². The zero-order chi connectivity index (χ0) is 16.5. The SMILES string of the molecule is O=C([O-])c1ccc(-c2nc3ccccc3n2-c2ccccc2)cc1. The Bertz CT molecular complexity index is 1020. The summed E-state index contributed by atoms with van der Waals surface area (Å²) in [5.74, 6) is -0.412. The molecular weight excluding hydrogens is 300 g/mol. The van der Waals surface area contributed by atoms with Crippen molar-refractivity contribution in [2.45, 2.75) is 0 Å².